The topological polar surface area (TPSA) is 60.7 Å². The Morgan fingerprint density at radius 2 is 2.36 bits per heavy atom. The summed E-state index contributed by atoms with van der Waals surface area (Å²) in [6, 6.07) is 0. The molecular weight excluding hydrogens is 144 g/mol. The summed E-state index contributed by atoms with van der Waals surface area (Å²) in [5.41, 5.74) is 0. The van der Waals surface area contributed by atoms with Crippen molar-refractivity contribution in [3.8, 4) is 0 Å². The second-order valence-corrected chi connectivity index (χ2v) is 2.73. The Bertz CT molecular complexity index is 242. The number of carbonyl (C=O) groups is 1. The lowest BCUT2D eigenvalue weighted by molar-refractivity contribution is 0.110. The van der Waals surface area contributed by atoms with Gasteiger partial charge in [-0.3, -0.25) is 4.79 Å². The first-order valence-electron chi connectivity index (χ1n) is 3.45. The van der Waals surface area contributed by atoms with Crippen molar-refractivity contribution >= 4 is 6.29 Å². The van der Waals surface area contributed by atoms with Crippen LogP contribution in [0.4, 0.5) is 0 Å². The zero-order valence-electron chi connectivity index (χ0n) is 6.56. The third-order valence-corrected chi connectivity index (χ3v) is 1.20. The zero-order valence-corrected chi connectivity index (χ0v) is 6.56. The molecule has 5 heteroatoms. The second-order valence-electron chi connectivity index (χ2n) is 2.73. The molecule has 0 aromatic carbocycles. The molecule has 0 spiro atoms. The van der Waals surface area contributed by atoms with Crippen LogP contribution in [-0.2, 0) is 6.54 Å². The normalized spacial score (nSPS) is 10.5. The molecular formula is C6H10N4O. The zero-order chi connectivity index (χ0) is 8.27. The molecule has 0 atom stereocenters. The van der Waals surface area contributed by atoms with Crippen LogP contribution in [-0.4, -0.2) is 26.5 Å². The monoisotopic (exact) mass is 154 g/mol. The Morgan fingerprint density at radius 1 is 1.64 bits per heavy atom. The minimum Gasteiger partial charge on any atom is -0.294 e. The van der Waals surface area contributed by atoms with Crippen molar-refractivity contribution in [2.24, 2.45) is 5.92 Å². The first kappa shape index (κ1) is 7.84. The molecule has 1 aromatic rings. The minimum atomic E-state index is 0.290. The number of rotatable bonds is 3. The summed E-state index contributed by atoms with van der Waals surface area (Å²) in [7, 11) is 0. The van der Waals surface area contributed by atoms with E-state index >= 15 is 0 Å². The molecule has 0 saturated heterocycles. The van der Waals surface area contributed by atoms with Gasteiger partial charge < -0.3 is 0 Å². The molecule has 1 aromatic heterocycles. The van der Waals surface area contributed by atoms with Crippen molar-refractivity contribution in [3.63, 3.8) is 0 Å². The van der Waals surface area contributed by atoms with Gasteiger partial charge in [-0.1, -0.05) is 13.8 Å². The molecule has 5 nitrogen and oxygen atoms in total. The largest absolute Gasteiger partial charge is 0.294 e. The Hall–Kier alpha value is -1.26. The molecule has 0 radical (unpaired) electrons. The standard InChI is InChI=1S/C6H10N4O/c1-5(2)3-10-6(4-11)7-8-9-10/h4-5H,3H2,1-2H3. The van der Waals surface area contributed by atoms with Crippen LogP contribution in [0.25, 0.3) is 0 Å². The maximum atomic E-state index is 10.3. The molecule has 0 N–H and O–H groups in total. The molecule has 0 aliphatic carbocycles. The van der Waals surface area contributed by atoms with Crippen LogP contribution in [0.3, 0.4) is 0 Å². The van der Waals surface area contributed by atoms with Crippen LogP contribution in [0.5, 0.6) is 0 Å². The molecule has 0 bridgehead atoms. The predicted molar refractivity (Wildman–Crippen MR) is 38.0 cm³/mol. The number of aromatic nitrogens is 4. The highest BCUT2D eigenvalue weighted by molar-refractivity contribution is 5.68. The Morgan fingerprint density at radius 3 is 2.91 bits per heavy atom. The van der Waals surface area contributed by atoms with Crippen molar-refractivity contribution in [2.75, 3.05) is 0 Å². The van der Waals surface area contributed by atoms with Crippen molar-refractivity contribution < 1.29 is 4.79 Å². The average Bonchev–Trinajstić information content (AvgIpc) is 2.34. The summed E-state index contributed by atoms with van der Waals surface area (Å²) in [4.78, 5) is 10.3. The summed E-state index contributed by atoms with van der Waals surface area (Å²) < 4.78 is 1.50. The van der Waals surface area contributed by atoms with Crippen LogP contribution in [0.15, 0.2) is 0 Å². The number of nitrogens with zero attached hydrogens (tertiary/aromatic N) is 4. The maximum Gasteiger partial charge on any atom is 0.214 e. The third-order valence-electron chi connectivity index (χ3n) is 1.20. The van der Waals surface area contributed by atoms with E-state index in [1.54, 1.807) is 0 Å². The lowest BCUT2D eigenvalue weighted by atomic mass is 10.2. The van der Waals surface area contributed by atoms with Crippen LogP contribution < -0.4 is 0 Å². The highest BCUT2D eigenvalue weighted by Gasteiger charge is 2.04. The maximum absolute atomic E-state index is 10.3. The van der Waals surface area contributed by atoms with Gasteiger partial charge in [-0.05, 0) is 16.3 Å². The number of tetrazole rings is 1. The fourth-order valence-electron chi connectivity index (χ4n) is 0.772. The van der Waals surface area contributed by atoms with Gasteiger partial charge in [0.1, 0.15) is 0 Å². The van der Waals surface area contributed by atoms with Gasteiger partial charge >= 0.3 is 0 Å². The molecule has 0 aliphatic rings. The lowest BCUT2D eigenvalue weighted by Gasteiger charge is -2.02. The fourth-order valence-corrected chi connectivity index (χ4v) is 0.772. The predicted octanol–water partition coefficient (Wildman–Crippen LogP) is 0.142. The van der Waals surface area contributed by atoms with Gasteiger partial charge in [-0.2, -0.15) is 0 Å². The highest BCUT2D eigenvalue weighted by Crippen LogP contribution is 1.97. The fraction of sp³-hybridized carbons (Fsp3) is 0.667. The van der Waals surface area contributed by atoms with Crippen molar-refractivity contribution in [1.29, 1.82) is 0 Å². The summed E-state index contributed by atoms with van der Waals surface area (Å²) in [5, 5.41) is 10.6. The van der Waals surface area contributed by atoms with Gasteiger partial charge in [-0.15, -0.1) is 5.10 Å². The van der Waals surface area contributed by atoms with Gasteiger partial charge in [0.05, 0.1) is 0 Å². The number of hydrogen-bond acceptors (Lipinski definition) is 4. The smallest absolute Gasteiger partial charge is 0.214 e. The molecule has 60 valence electrons. The minimum absolute atomic E-state index is 0.290. The Kier molecular flexibility index (Phi) is 2.30. The summed E-state index contributed by atoms with van der Waals surface area (Å²) in [6.45, 7) is 4.76. The van der Waals surface area contributed by atoms with Crippen LogP contribution in [0.2, 0.25) is 0 Å². The number of aldehydes is 1. The van der Waals surface area contributed by atoms with Crippen molar-refractivity contribution in [3.05, 3.63) is 5.82 Å². The van der Waals surface area contributed by atoms with Crippen LogP contribution in [0, 0.1) is 5.92 Å². The van der Waals surface area contributed by atoms with E-state index in [2.05, 4.69) is 15.5 Å². The first-order chi connectivity index (χ1) is 5.24. The average molecular weight is 154 g/mol. The molecule has 0 unspecified atom stereocenters. The van der Waals surface area contributed by atoms with Gasteiger partial charge in [-0.25, -0.2) is 4.68 Å². The molecule has 0 amide bonds. The SMILES string of the molecule is CC(C)Cn1nnnc1C=O. The van der Waals surface area contributed by atoms with E-state index in [0.717, 1.165) is 0 Å². The van der Waals surface area contributed by atoms with E-state index in [-0.39, 0.29) is 0 Å². The van der Waals surface area contributed by atoms with Crippen LogP contribution in [0.1, 0.15) is 24.5 Å². The quantitative estimate of drug-likeness (QED) is 0.581. The van der Waals surface area contributed by atoms with Gasteiger partial charge in [0.15, 0.2) is 6.29 Å². The van der Waals surface area contributed by atoms with E-state index in [1.807, 2.05) is 13.8 Å². The molecule has 0 saturated carbocycles. The van der Waals surface area contributed by atoms with Gasteiger partial charge in [0.25, 0.3) is 0 Å². The Labute approximate surface area is 64.4 Å². The lowest BCUT2D eigenvalue weighted by Crippen LogP contribution is -2.09. The van der Waals surface area contributed by atoms with Gasteiger partial charge in [0.2, 0.25) is 5.82 Å². The summed E-state index contributed by atoms with van der Waals surface area (Å²) in [5.74, 6) is 0.732. The van der Waals surface area contributed by atoms with E-state index in [0.29, 0.717) is 24.6 Å². The van der Waals surface area contributed by atoms with Crippen molar-refractivity contribution in [1.82, 2.24) is 20.2 Å². The van der Waals surface area contributed by atoms with Crippen LogP contribution >= 0.6 is 0 Å². The molecule has 1 rings (SSSR count). The van der Waals surface area contributed by atoms with Crippen molar-refractivity contribution in [2.45, 2.75) is 20.4 Å². The second kappa shape index (κ2) is 3.23. The van der Waals surface area contributed by atoms with E-state index < -0.39 is 0 Å². The first-order valence-corrected chi connectivity index (χ1v) is 3.45. The van der Waals surface area contributed by atoms with E-state index in [4.69, 9.17) is 0 Å². The third kappa shape index (κ3) is 1.83. The molecule has 0 fully saturated rings. The number of hydrogen-bond donors (Lipinski definition) is 0. The Balaban J connectivity index is 2.76. The highest BCUT2D eigenvalue weighted by atomic mass is 16.1. The molecule has 11 heavy (non-hydrogen) atoms. The molecule has 1 heterocycles. The molecule has 0 aliphatic heterocycles. The summed E-state index contributed by atoms with van der Waals surface area (Å²) >= 11 is 0. The van der Waals surface area contributed by atoms with E-state index in [1.165, 1.54) is 4.68 Å². The summed E-state index contributed by atoms with van der Waals surface area (Å²) in [6.07, 6.45) is 0.655. The number of carbonyl (C=O) groups excluding carboxylic acids is 1. The van der Waals surface area contributed by atoms with Gasteiger partial charge in [0, 0.05) is 6.54 Å². The van der Waals surface area contributed by atoms with E-state index in [9.17, 15) is 4.79 Å².